The van der Waals surface area contributed by atoms with Gasteiger partial charge in [-0.25, -0.2) is 0 Å². The van der Waals surface area contributed by atoms with E-state index in [1.54, 1.807) is 11.3 Å². The lowest BCUT2D eigenvalue weighted by Crippen LogP contribution is -2.35. The van der Waals surface area contributed by atoms with Gasteiger partial charge in [0.25, 0.3) is 0 Å². The molecule has 2 unspecified atom stereocenters. The Morgan fingerprint density at radius 3 is 2.75 bits per heavy atom. The number of nitrogens with one attached hydrogen (secondary N) is 1. The fourth-order valence-electron chi connectivity index (χ4n) is 1.28. The molecule has 0 spiro atoms. The third-order valence-electron chi connectivity index (χ3n) is 2.41. The van der Waals surface area contributed by atoms with E-state index in [0.29, 0.717) is 6.54 Å². The normalized spacial score (nSPS) is 13.7. The summed E-state index contributed by atoms with van der Waals surface area (Å²) in [6, 6.07) is 4.18. The lowest BCUT2D eigenvalue weighted by molar-refractivity contribution is -0.125. The molecule has 0 aliphatic carbocycles. The first-order chi connectivity index (χ1) is 7.19. The van der Waals surface area contributed by atoms with Gasteiger partial charge in [0.2, 0.25) is 5.91 Å². The van der Waals surface area contributed by atoms with Crippen molar-refractivity contribution in [1.29, 1.82) is 0 Å². The molecule has 5 heteroatoms. The highest BCUT2D eigenvalue weighted by atomic mass is 35.5. The van der Waals surface area contributed by atoms with Gasteiger partial charge in [-0.1, -0.05) is 19.9 Å². The van der Waals surface area contributed by atoms with Gasteiger partial charge in [0.1, 0.15) is 0 Å². The predicted molar refractivity (Wildman–Crippen MR) is 71.0 cm³/mol. The maximum atomic E-state index is 11.7. The first kappa shape index (κ1) is 15.4. The van der Waals surface area contributed by atoms with Gasteiger partial charge in [0, 0.05) is 17.3 Å². The fourth-order valence-corrected chi connectivity index (χ4v) is 2.15. The first-order valence-corrected chi connectivity index (χ1v) is 6.10. The number of carbonyl (C=O) groups is 1. The molecular formula is C11H19ClN2OS. The van der Waals surface area contributed by atoms with Gasteiger partial charge in [-0.05, 0) is 17.9 Å². The Kier molecular flexibility index (Phi) is 7.38. The van der Waals surface area contributed by atoms with Gasteiger partial charge in [0.15, 0.2) is 0 Å². The molecule has 0 saturated carbocycles. The third-order valence-corrected chi connectivity index (χ3v) is 3.40. The maximum absolute atomic E-state index is 11.7. The van der Waals surface area contributed by atoms with E-state index in [-0.39, 0.29) is 30.3 Å². The molecule has 3 nitrogen and oxygen atoms in total. The molecule has 0 radical (unpaired) electrons. The largest absolute Gasteiger partial charge is 0.348 e. The summed E-state index contributed by atoms with van der Waals surface area (Å²) in [5.74, 6) is -0.0724. The average Bonchev–Trinajstić information content (AvgIpc) is 2.77. The molecule has 16 heavy (non-hydrogen) atoms. The lowest BCUT2D eigenvalue weighted by atomic mass is 10.1. The summed E-state index contributed by atoms with van der Waals surface area (Å²) in [5.41, 5.74) is 5.45. The Morgan fingerprint density at radius 1 is 1.62 bits per heavy atom. The van der Waals surface area contributed by atoms with Crippen molar-refractivity contribution in [3.63, 3.8) is 0 Å². The lowest BCUT2D eigenvalue weighted by Gasteiger charge is -2.17. The van der Waals surface area contributed by atoms with E-state index in [9.17, 15) is 4.79 Å². The summed E-state index contributed by atoms with van der Waals surface area (Å²) in [6.45, 7) is 4.31. The highest BCUT2D eigenvalue weighted by Gasteiger charge is 2.17. The SMILES string of the molecule is CCC(NC(=O)C(C)CN)c1cccs1.Cl. The molecule has 0 bridgehead atoms. The highest BCUT2D eigenvalue weighted by molar-refractivity contribution is 7.10. The van der Waals surface area contributed by atoms with Crippen molar-refractivity contribution < 1.29 is 4.79 Å². The minimum atomic E-state index is -0.112. The van der Waals surface area contributed by atoms with E-state index < -0.39 is 0 Å². The van der Waals surface area contributed by atoms with E-state index in [1.807, 2.05) is 24.4 Å². The number of hydrogen-bond donors (Lipinski definition) is 2. The second kappa shape index (κ2) is 7.65. The Bertz CT molecular complexity index is 303. The number of halogens is 1. The monoisotopic (exact) mass is 262 g/mol. The number of nitrogens with two attached hydrogens (primary N) is 1. The summed E-state index contributed by atoms with van der Waals surface area (Å²) in [7, 11) is 0. The zero-order valence-corrected chi connectivity index (χ0v) is 11.2. The number of rotatable bonds is 5. The van der Waals surface area contributed by atoms with Crippen LogP contribution < -0.4 is 11.1 Å². The van der Waals surface area contributed by atoms with E-state index in [2.05, 4.69) is 12.2 Å². The molecule has 0 aliphatic heterocycles. The van der Waals surface area contributed by atoms with Gasteiger partial charge in [-0.3, -0.25) is 4.79 Å². The number of carbonyl (C=O) groups excluding carboxylic acids is 1. The van der Waals surface area contributed by atoms with Gasteiger partial charge in [-0.15, -0.1) is 23.7 Å². The number of thiophene rings is 1. The zero-order chi connectivity index (χ0) is 11.3. The van der Waals surface area contributed by atoms with E-state index in [0.717, 1.165) is 6.42 Å². The average molecular weight is 263 g/mol. The Hall–Kier alpha value is -0.580. The number of amides is 1. The number of hydrogen-bond acceptors (Lipinski definition) is 3. The van der Waals surface area contributed by atoms with Crippen LogP contribution in [0.2, 0.25) is 0 Å². The van der Waals surface area contributed by atoms with Crippen molar-refractivity contribution in [2.24, 2.45) is 11.7 Å². The molecule has 1 aromatic heterocycles. The molecule has 0 aliphatic rings. The summed E-state index contributed by atoms with van der Waals surface area (Å²) >= 11 is 1.67. The van der Waals surface area contributed by atoms with E-state index >= 15 is 0 Å². The fraction of sp³-hybridized carbons (Fsp3) is 0.545. The van der Waals surface area contributed by atoms with Gasteiger partial charge < -0.3 is 11.1 Å². The van der Waals surface area contributed by atoms with Crippen LogP contribution in [0.5, 0.6) is 0 Å². The summed E-state index contributed by atoms with van der Waals surface area (Å²) in [4.78, 5) is 12.9. The topological polar surface area (TPSA) is 55.1 Å². The summed E-state index contributed by atoms with van der Waals surface area (Å²) < 4.78 is 0. The van der Waals surface area contributed by atoms with Crippen molar-refractivity contribution in [2.45, 2.75) is 26.3 Å². The molecule has 3 N–H and O–H groups in total. The molecule has 2 atom stereocenters. The first-order valence-electron chi connectivity index (χ1n) is 5.22. The molecular weight excluding hydrogens is 244 g/mol. The third kappa shape index (κ3) is 4.12. The minimum Gasteiger partial charge on any atom is -0.348 e. The van der Waals surface area contributed by atoms with Crippen LogP contribution >= 0.6 is 23.7 Å². The van der Waals surface area contributed by atoms with Crippen molar-refractivity contribution in [3.05, 3.63) is 22.4 Å². The van der Waals surface area contributed by atoms with Crippen LogP contribution in [0.15, 0.2) is 17.5 Å². The van der Waals surface area contributed by atoms with Crippen LogP contribution in [-0.4, -0.2) is 12.5 Å². The van der Waals surface area contributed by atoms with Crippen LogP contribution in [0, 0.1) is 5.92 Å². The molecule has 0 fully saturated rings. The molecule has 1 rings (SSSR count). The molecule has 0 saturated heterocycles. The predicted octanol–water partition coefficient (Wildman–Crippen LogP) is 2.33. The Balaban J connectivity index is 0.00000225. The van der Waals surface area contributed by atoms with Crippen LogP contribution in [0.1, 0.15) is 31.2 Å². The molecule has 1 aromatic rings. The minimum absolute atomic E-state index is 0. The molecule has 0 aromatic carbocycles. The maximum Gasteiger partial charge on any atom is 0.224 e. The van der Waals surface area contributed by atoms with E-state index in [1.165, 1.54) is 4.88 Å². The second-order valence-electron chi connectivity index (χ2n) is 3.62. The molecule has 1 amide bonds. The quantitative estimate of drug-likeness (QED) is 0.856. The summed E-state index contributed by atoms with van der Waals surface area (Å²) in [6.07, 6.45) is 0.906. The van der Waals surface area contributed by atoms with Gasteiger partial charge in [0.05, 0.1) is 6.04 Å². The molecule has 92 valence electrons. The van der Waals surface area contributed by atoms with Crippen LogP contribution in [0.3, 0.4) is 0 Å². The Labute approximate surface area is 107 Å². The van der Waals surface area contributed by atoms with Crippen molar-refractivity contribution >= 4 is 29.7 Å². The van der Waals surface area contributed by atoms with Crippen molar-refractivity contribution in [3.8, 4) is 0 Å². The van der Waals surface area contributed by atoms with Gasteiger partial charge >= 0.3 is 0 Å². The summed E-state index contributed by atoms with van der Waals surface area (Å²) in [5, 5.41) is 5.04. The van der Waals surface area contributed by atoms with Crippen LogP contribution in [0.4, 0.5) is 0 Å². The smallest absolute Gasteiger partial charge is 0.224 e. The standard InChI is InChI=1S/C11H18N2OS.ClH/c1-3-9(10-5-4-6-15-10)13-11(14)8(2)7-12;/h4-6,8-9H,3,7,12H2,1-2H3,(H,13,14);1H. The van der Waals surface area contributed by atoms with Crippen LogP contribution in [-0.2, 0) is 4.79 Å². The van der Waals surface area contributed by atoms with Crippen molar-refractivity contribution in [2.75, 3.05) is 6.54 Å². The van der Waals surface area contributed by atoms with E-state index in [4.69, 9.17) is 5.73 Å². The van der Waals surface area contributed by atoms with Crippen molar-refractivity contribution in [1.82, 2.24) is 5.32 Å². The zero-order valence-electron chi connectivity index (χ0n) is 9.60. The van der Waals surface area contributed by atoms with Gasteiger partial charge in [-0.2, -0.15) is 0 Å². The Morgan fingerprint density at radius 2 is 2.31 bits per heavy atom. The molecule has 1 heterocycles. The second-order valence-corrected chi connectivity index (χ2v) is 4.60. The highest BCUT2D eigenvalue weighted by Crippen LogP contribution is 2.21. The van der Waals surface area contributed by atoms with Crippen LogP contribution in [0.25, 0.3) is 0 Å².